The SMILES string of the molecule is Cc1cc(S(=O)(=O)NC2(c3ccncc3)CCC2)ccc1C(=O)O. The van der Waals surface area contributed by atoms with Gasteiger partial charge in [-0.3, -0.25) is 4.98 Å². The summed E-state index contributed by atoms with van der Waals surface area (Å²) in [6.45, 7) is 1.59. The molecule has 0 atom stereocenters. The van der Waals surface area contributed by atoms with E-state index in [1.54, 1.807) is 19.3 Å². The van der Waals surface area contributed by atoms with Crippen molar-refractivity contribution in [1.29, 1.82) is 0 Å². The number of hydrogen-bond donors (Lipinski definition) is 2. The number of rotatable bonds is 5. The molecular weight excluding hydrogens is 328 g/mol. The van der Waals surface area contributed by atoms with Crippen molar-refractivity contribution in [2.45, 2.75) is 36.6 Å². The number of aromatic carboxylic acids is 1. The second-order valence-corrected chi connectivity index (χ2v) is 7.74. The zero-order valence-corrected chi connectivity index (χ0v) is 14.0. The van der Waals surface area contributed by atoms with Crippen molar-refractivity contribution in [3.63, 3.8) is 0 Å². The predicted octanol–water partition coefficient (Wildman–Crippen LogP) is 2.45. The lowest BCUT2D eigenvalue weighted by Gasteiger charge is -2.42. The topological polar surface area (TPSA) is 96.4 Å². The number of nitrogens with zero attached hydrogens (tertiary/aromatic N) is 1. The molecule has 0 unspecified atom stereocenters. The highest BCUT2D eigenvalue weighted by atomic mass is 32.2. The molecule has 2 N–H and O–H groups in total. The number of hydrogen-bond acceptors (Lipinski definition) is 4. The first kappa shape index (κ1) is 16.6. The van der Waals surface area contributed by atoms with Gasteiger partial charge in [0.05, 0.1) is 16.0 Å². The zero-order chi connectivity index (χ0) is 17.4. The van der Waals surface area contributed by atoms with E-state index in [-0.39, 0.29) is 10.5 Å². The van der Waals surface area contributed by atoms with Crippen molar-refractivity contribution in [3.8, 4) is 0 Å². The second kappa shape index (κ2) is 5.99. The average molecular weight is 346 g/mol. The lowest BCUT2D eigenvalue weighted by molar-refractivity contribution is 0.0696. The third kappa shape index (κ3) is 2.92. The summed E-state index contributed by atoms with van der Waals surface area (Å²) >= 11 is 0. The number of aromatic nitrogens is 1. The van der Waals surface area contributed by atoms with Crippen LogP contribution in [0, 0.1) is 6.92 Å². The summed E-state index contributed by atoms with van der Waals surface area (Å²) in [4.78, 5) is 15.1. The standard InChI is InChI=1S/C17H18N2O4S/c1-12-11-14(3-4-15(12)16(20)21)24(22,23)19-17(7-2-8-17)13-5-9-18-10-6-13/h3-6,9-11,19H,2,7-8H2,1H3,(H,20,21). The Morgan fingerprint density at radius 1 is 1.21 bits per heavy atom. The molecule has 1 aromatic carbocycles. The second-order valence-electron chi connectivity index (χ2n) is 6.06. The van der Waals surface area contributed by atoms with Crippen LogP contribution >= 0.6 is 0 Å². The molecule has 3 rings (SSSR count). The van der Waals surface area contributed by atoms with Crippen LogP contribution in [0.1, 0.15) is 40.7 Å². The van der Waals surface area contributed by atoms with E-state index in [9.17, 15) is 13.2 Å². The first-order valence-corrected chi connectivity index (χ1v) is 9.11. The highest BCUT2D eigenvalue weighted by molar-refractivity contribution is 7.89. The third-order valence-electron chi connectivity index (χ3n) is 4.51. The number of carboxylic acids is 1. The smallest absolute Gasteiger partial charge is 0.335 e. The van der Waals surface area contributed by atoms with Gasteiger partial charge in [0.1, 0.15) is 0 Å². The van der Waals surface area contributed by atoms with Gasteiger partial charge in [0.15, 0.2) is 0 Å². The fraction of sp³-hybridized carbons (Fsp3) is 0.294. The molecule has 0 saturated heterocycles. The van der Waals surface area contributed by atoms with Crippen LogP contribution in [-0.4, -0.2) is 24.5 Å². The molecule has 1 saturated carbocycles. The summed E-state index contributed by atoms with van der Waals surface area (Å²) in [5.41, 5.74) is 0.797. The van der Waals surface area contributed by atoms with Crippen molar-refractivity contribution in [1.82, 2.24) is 9.71 Å². The largest absolute Gasteiger partial charge is 0.478 e. The summed E-state index contributed by atoms with van der Waals surface area (Å²) in [5.74, 6) is -1.07. The molecule has 0 bridgehead atoms. The fourth-order valence-corrected chi connectivity index (χ4v) is 4.54. The molecule has 7 heteroatoms. The van der Waals surface area contributed by atoms with Crippen LogP contribution in [0.25, 0.3) is 0 Å². The number of aryl methyl sites for hydroxylation is 1. The molecular formula is C17H18N2O4S. The molecule has 0 radical (unpaired) electrons. The van der Waals surface area contributed by atoms with E-state index in [0.29, 0.717) is 5.56 Å². The van der Waals surface area contributed by atoms with Gasteiger partial charge in [0.25, 0.3) is 0 Å². The Bertz CT molecular complexity index is 875. The van der Waals surface area contributed by atoms with Crippen LogP contribution in [0.4, 0.5) is 0 Å². The molecule has 1 aliphatic carbocycles. The van der Waals surface area contributed by atoms with E-state index in [4.69, 9.17) is 5.11 Å². The zero-order valence-electron chi connectivity index (χ0n) is 13.2. The Kier molecular flexibility index (Phi) is 4.15. The predicted molar refractivity (Wildman–Crippen MR) is 88.2 cm³/mol. The van der Waals surface area contributed by atoms with Crippen LogP contribution in [0.2, 0.25) is 0 Å². The molecule has 0 amide bonds. The minimum atomic E-state index is -3.76. The Morgan fingerprint density at radius 2 is 1.88 bits per heavy atom. The first-order valence-electron chi connectivity index (χ1n) is 7.62. The Balaban J connectivity index is 1.94. The molecule has 24 heavy (non-hydrogen) atoms. The van der Waals surface area contributed by atoms with Gasteiger partial charge >= 0.3 is 5.97 Å². The van der Waals surface area contributed by atoms with Gasteiger partial charge in [-0.05, 0) is 67.6 Å². The lowest BCUT2D eigenvalue weighted by atomic mass is 9.73. The number of pyridine rings is 1. The maximum absolute atomic E-state index is 12.8. The van der Waals surface area contributed by atoms with Crippen LogP contribution in [0.3, 0.4) is 0 Å². The summed E-state index contributed by atoms with van der Waals surface area (Å²) in [7, 11) is -3.76. The van der Waals surface area contributed by atoms with Gasteiger partial charge < -0.3 is 5.11 Å². The van der Waals surface area contributed by atoms with Gasteiger partial charge in [-0.15, -0.1) is 0 Å². The van der Waals surface area contributed by atoms with Crippen molar-refractivity contribution in [2.75, 3.05) is 0 Å². The molecule has 1 heterocycles. The number of carboxylic acid groups (broad SMARTS) is 1. The van der Waals surface area contributed by atoms with E-state index < -0.39 is 21.5 Å². The molecule has 1 fully saturated rings. The number of carbonyl (C=O) groups is 1. The molecule has 6 nitrogen and oxygen atoms in total. The molecule has 1 aromatic heterocycles. The van der Waals surface area contributed by atoms with Gasteiger partial charge in [0, 0.05) is 12.4 Å². The molecule has 0 aliphatic heterocycles. The quantitative estimate of drug-likeness (QED) is 0.867. The molecule has 0 spiro atoms. The lowest BCUT2D eigenvalue weighted by Crippen LogP contribution is -2.50. The summed E-state index contributed by atoms with van der Waals surface area (Å²) in [6.07, 6.45) is 5.69. The molecule has 126 valence electrons. The summed E-state index contributed by atoms with van der Waals surface area (Å²) in [5, 5.41) is 9.07. The van der Waals surface area contributed by atoms with Crippen LogP contribution in [0.15, 0.2) is 47.6 Å². The first-order chi connectivity index (χ1) is 11.3. The Labute approximate surface area is 140 Å². The Hall–Kier alpha value is -2.25. The number of nitrogens with one attached hydrogen (secondary N) is 1. The third-order valence-corrected chi connectivity index (χ3v) is 6.04. The summed E-state index contributed by atoms with van der Waals surface area (Å²) in [6, 6.07) is 7.69. The van der Waals surface area contributed by atoms with Crippen LogP contribution in [-0.2, 0) is 15.6 Å². The highest BCUT2D eigenvalue weighted by Crippen LogP contribution is 2.42. The van der Waals surface area contributed by atoms with Crippen LogP contribution in [0.5, 0.6) is 0 Å². The number of sulfonamides is 1. The minimum Gasteiger partial charge on any atom is -0.478 e. The van der Waals surface area contributed by atoms with E-state index in [1.807, 2.05) is 12.1 Å². The fourth-order valence-electron chi connectivity index (χ4n) is 3.01. The van der Waals surface area contributed by atoms with Crippen molar-refractivity contribution < 1.29 is 18.3 Å². The van der Waals surface area contributed by atoms with Crippen molar-refractivity contribution >= 4 is 16.0 Å². The molecule has 2 aromatic rings. The van der Waals surface area contributed by atoms with E-state index >= 15 is 0 Å². The van der Waals surface area contributed by atoms with Gasteiger partial charge in [-0.25, -0.2) is 17.9 Å². The summed E-state index contributed by atoms with van der Waals surface area (Å²) < 4.78 is 28.4. The van der Waals surface area contributed by atoms with Gasteiger partial charge in [0.2, 0.25) is 10.0 Å². The van der Waals surface area contributed by atoms with E-state index in [0.717, 1.165) is 24.8 Å². The number of benzene rings is 1. The normalized spacial score (nSPS) is 16.4. The van der Waals surface area contributed by atoms with Crippen LogP contribution < -0.4 is 4.72 Å². The minimum absolute atomic E-state index is 0.0744. The van der Waals surface area contributed by atoms with E-state index in [2.05, 4.69) is 9.71 Å². The van der Waals surface area contributed by atoms with Crippen molar-refractivity contribution in [2.24, 2.45) is 0 Å². The van der Waals surface area contributed by atoms with Crippen molar-refractivity contribution in [3.05, 3.63) is 59.4 Å². The van der Waals surface area contributed by atoms with Gasteiger partial charge in [-0.1, -0.05) is 0 Å². The van der Waals surface area contributed by atoms with Gasteiger partial charge in [-0.2, -0.15) is 0 Å². The molecule has 1 aliphatic rings. The maximum atomic E-state index is 12.8. The highest BCUT2D eigenvalue weighted by Gasteiger charge is 2.42. The van der Waals surface area contributed by atoms with E-state index in [1.165, 1.54) is 18.2 Å². The Morgan fingerprint density at radius 3 is 2.38 bits per heavy atom. The maximum Gasteiger partial charge on any atom is 0.335 e. The monoisotopic (exact) mass is 346 g/mol. The average Bonchev–Trinajstić information content (AvgIpc) is 2.51.